The molecule has 0 atom stereocenters. The SMILES string of the molecule is Cc1nn(C)c(C)c1C(=O)C(=O)OCC(=O)Nc1c(C)n(C)n(-c2ccccc2)c1=O. The van der Waals surface area contributed by atoms with E-state index in [2.05, 4.69) is 10.4 Å². The highest BCUT2D eigenvalue weighted by atomic mass is 16.5. The number of ketones is 1. The first-order chi connectivity index (χ1) is 14.6. The first-order valence-corrected chi connectivity index (χ1v) is 9.49. The van der Waals surface area contributed by atoms with Crippen LogP contribution < -0.4 is 10.9 Å². The van der Waals surface area contributed by atoms with Gasteiger partial charge < -0.3 is 10.1 Å². The van der Waals surface area contributed by atoms with Crippen molar-refractivity contribution in [3.63, 3.8) is 0 Å². The fraction of sp³-hybridized carbons (Fsp3) is 0.286. The summed E-state index contributed by atoms with van der Waals surface area (Å²) in [4.78, 5) is 49.6. The van der Waals surface area contributed by atoms with Crippen molar-refractivity contribution in [1.29, 1.82) is 0 Å². The van der Waals surface area contributed by atoms with Crippen LogP contribution in [-0.2, 0) is 28.4 Å². The van der Waals surface area contributed by atoms with Crippen LogP contribution in [-0.4, -0.2) is 43.4 Å². The van der Waals surface area contributed by atoms with Gasteiger partial charge in [0.25, 0.3) is 17.2 Å². The summed E-state index contributed by atoms with van der Waals surface area (Å²) in [6.45, 7) is 4.24. The number of aromatic nitrogens is 4. The number of aryl methyl sites for hydroxylation is 2. The summed E-state index contributed by atoms with van der Waals surface area (Å²) in [6, 6.07) is 8.96. The monoisotopic (exact) mass is 425 g/mol. The molecule has 10 nitrogen and oxygen atoms in total. The number of carbonyl (C=O) groups excluding carboxylic acids is 3. The van der Waals surface area contributed by atoms with E-state index in [0.717, 1.165) is 0 Å². The summed E-state index contributed by atoms with van der Waals surface area (Å²) >= 11 is 0. The molecule has 0 aliphatic heterocycles. The van der Waals surface area contributed by atoms with E-state index in [9.17, 15) is 19.2 Å². The average molecular weight is 425 g/mol. The highest BCUT2D eigenvalue weighted by Crippen LogP contribution is 2.15. The molecule has 1 aromatic carbocycles. The molecule has 1 N–H and O–H groups in total. The van der Waals surface area contributed by atoms with Gasteiger partial charge in [-0.25, -0.2) is 9.48 Å². The van der Waals surface area contributed by atoms with Gasteiger partial charge in [0, 0.05) is 19.8 Å². The molecule has 162 valence electrons. The molecule has 2 heterocycles. The van der Waals surface area contributed by atoms with Gasteiger partial charge in [0.2, 0.25) is 0 Å². The number of anilines is 1. The number of ether oxygens (including phenoxy) is 1. The summed E-state index contributed by atoms with van der Waals surface area (Å²) < 4.78 is 9.36. The van der Waals surface area contributed by atoms with E-state index in [-0.39, 0.29) is 11.3 Å². The molecule has 3 aromatic rings. The van der Waals surface area contributed by atoms with Gasteiger partial charge in [0.15, 0.2) is 6.61 Å². The molecule has 0 aliphatic rings. The van der Waals surface area contributed by atoms with Crippen LogP contribution in [0.4, 0.5) is 5.69 Å². The number of carbonyl (C=O) groups is 3. The number of hydrogen-bond donors (Lipinski definition) is 1. The maximum Gasteiger partial charge on any atom is 0.380 e. The summed E-state index contributed by atoms with van der Waals surface area (Å²) in [7, 11) is 3.35. The molecule has 0 radical (unpaired) electrons. The molecule has 10 heteroatoms. The fourth-order valence-corrected chi connectivity index (χ4v) is 3.29. The Hall–Kier alpha value is -3.95. The zero-order chi connectivity index (χ0) is 22.9. The number of rotatable bonds is 6. The van der Waals surface area contributed by atoms with Crippen LogP contribution in [0.15, 0.2) is 35.1 Å². The number of benzene rings is 1. The minimum atomic E-state index is -1.17. The lowest BCUT2D eigenvalue weighted by molar-refractivity contribution is -0.142. The van der Waals surface area contributed by atoms with E-state index in [1.165, 1.54) is 9.36 Å². The third-order valence-electron chi connectivity index (χ3n) is 5.07. The maximum atomic E-state index is 12.8. The summed E-state index contributed by atoms with van der Waals surface area (Å²) in [5.41, 5.74) is 1.86. The zero-order valence-corrected chi connectivity index (χ0v) is 17.9. The molecule has 31 heavy (non-hydrogen) atoms. The molecule has 1 amide bonds. The van der Waals surface area contributed by atoms with Crippen LogP contribution in [0.1, 0.15) is 27.4 Å². The Morgan fingerprint density at radius 1 is 1.03 bits per heavy atom. The summed E-state index contributed by atoms with van der Waals surface area (Å²) in [6.07, 6.45) is 0. The van der Waals surface area contributed by atoms with Crippen molar-refractivity contribution >= 4 is 23.3 Å². The van der Waals surface area contributed by atoms with Crippen LogP contribution >= 0.6 is 0 Å². The van der Waals surface area contributed by atoms with Gasteiger partial charge >= 0.3 is 5.97 Å². The Labute approximate surface area is 178 Å². The first-order valence-electron chi connectivity index (χ1n) is 9.49. The third kappa shape index (κ3) is 4.04. The van der Waals surface area contributed by atoms with Gasteiger partial charge in [-0.3, -0.25) is 23.7 Å². The Bertz CT molecular complexity index is 1230. The lowest BCUT2D eigenvalue weighted by Crippen LogP contribution is -2.28. The number of esters is 1. The molecule has 3 rings (SSSR count). The fourth-order valence-electron chi connectivity index (χ4n) is 3.29. The smallest absolute Gasteiger partial charge is 0.380 e. The average Bonchev–Trinajstić information content (AvgIpc) is 3.12. The largest absolute Gasteiger partial charge is 0.450 e. The van der Waals surface area contributed by atoms with E-state index in [1.54, 1.807) is 63.8 Å². The number of hydrogen-bond acceptors (Lipinski definition) is 6. The van der Waals surface area contributed by atoms with Crippen molar-refractivity contribution in [3.8, 4) is 5.69 Å². The summed E-state index contributed by atoms with van der Waals surface area (Å²) in [5.74, 6) is -2.77. The van der Waals surface area contributed by atoms with Gasteiger partial charge in [-0.1, -0.05) is 18.2 Å². The summed E-state index contributed by atoms with van der Waals surface area (Å²) in [5, 5.41) is 6.56. The van der Waals surface area contributed by atoms with E-state index in [0.29, 0.717) is 22.8 Å². The van der Waals surface area contributed by atoms with Gasteiger partial charge in [-0.2, -0.15) is 5.10 Å². The number of nitrogens with one attached hydrogen (secondary N) is 1. The molecule has 0 unspecified atom stereocenters. The van der Waals surface area contributed by atoms with Gasteiger partial charge in [0.05, 0.1) is 22.6 Å². The molecular weight excluding hydrogens is 402 g/mol. The van der Waals surface area contributed by atoms with Crippen LogP contribution in [0.2, 0.25) is 0 Å². The second-order valence-corrected chi connectivity index (χ2v) is 7.06. The van der Waals surface area contributed by atoms with Gasteiger partial charge in [-0.05, 0) is 32.9 Å². The number of Topliss-reactive ketones (excluding diaryl/α,β-unsaturated/α-hetero) is 1. The zero-order valence-electron chi connectivity index (χ0n) is 17.9. The van der Waals surface area contributed by atoms with Crippen LogP contribution in [0.5, 0.6) is 0 Å². The Kier molecular flexibility index (Phi) is 5.91. The van der Waals surface area contributed by atoms with Crippen molar-refractivity contribution in [3.05, 3.63) is 63.3 Å². The predicted octanol–water partition coefficient (Wildman–Crippen LogP) is 1.20. The van der Waals surface area contributed by atoms with E-state index < -0.39 is 29.8 Å². The standard InChI is InChI=1S/C21H23N5O5/c1-12-17(13(2)24(4)23-12)19(28)21(30)31-11-16(27)22-18-14(3)25(5)26(20(18)29)15-9-7-6-8-10-15/h6-10H,11H2,1-5H3,(H,22,27). The van der Waals surface area contributed by atoms with Crippen molar-refractivity contribution in [2.45, 2.75) is 20.8 Å². The Morgan fingerprint density at radius 3 is 2.26 bits per heavy atom. The van der Waals surface area contributed by atoms with Crippen LogP contribution in [0.25, 0.3) is 5.69 Å². The normalized spacial score (nSPS) is 10.7. The minimum absolute atomic E-state index is 0.0673. The van der Waals surface area contributed by atoms with Crippen LogP contribution in [0, 0.1) is 20.8 Å². The van der Waals surface area contributed by atoms with Crippen molar-refractivity contribution in [1.82, 2.24) is 19.1 Å². The second-order valence-electron chi connectivity index (χ2n) is 7.06. The highest BCUT2D eigenvalue weighted by Gasteiger charge is 2.26. The number of nitrogens with zero attached hydrogens (tertiary/aromatic N) is 4. The molecule has 0 saturated carbocycles. The lowest BCUT2D eigenvalue weighted by Gasteiger charge is -2.07. The van der Waals surface area contributed by atoms with Crippen molar-refractivity contribution in [2.75, 3.05) is 11.9 Å². The molecule has 0 saturated heterocycles. The van der Waals surface area contributed by atoms with E-state index in [4.69, 9.17) is 4.74 Å². The third-order valence-corrected chi connectivity index (χ3v) is 5.07. The van der Waals surface area contributed by atoms with Crippen molar-refractivity contribution < 1.29 is 19.1 Å². The highest BCUT2D eigenvalue weighted by molar-refractivity contribution is 6.41. The van der Waals surface area contributed by atoms with Crippen molar-refractivity contribution in [2.24, 2.45) is 14.1 Å². The van der Waals surface area contributed by atoms with Gasteiger partial charge in [0.1, 0.15) is 5.69 Å². The molecule has 0 spiro atoms. The molecule has 0 fully saturated rings. The molecular formula is C21H23N5O5. The Morgan fingerprint density at radius 2 is 1.68 bits per heavy atom. The number of amides is 1. The minimum Gasteiger partial charge on any atom is -0.450 e. The predicted molar refractivity (Wildman–Crippen MR) is 112 cm³/mol. The number of para-hydroxylation sites is 1. The first kappa shape index (κ1) is 21.8. The molecule has 0 aliphatic carbocycles. The van der Waals surface area contributed by atoms with Crippen LogP contribution in [0.3, 0.4) is 0 Å². The Balaban J connectivity index is 1.71. The molecule has 2 aromatic heterocycles. The second kappa shape index (κ2) is 8.42. The van der Waals surface area contributed by atoms with Gasteiger partial charge in [-0.15, -0.1) is 0 Å². The topological polar surface area (TPSA) is 117 Å². The lowest BCUT2D eigenvalue weighted by atomic mass is 10.1. The van der Waals surface area contributed by atoms with E-state index in [1.807, 2.05) is 6.07 Å². The molecule has 0 bridgehead atoms. The quantitative estimate of drug-likeness (QED) is 0.360. The van der Waals surface area contributed by atoms with E-state index >= 15 is 0 Å². The maximum absolute atomic E-state index is 12.8.